The molecule has 1 spiro atoms. The summed E-state index contributed by atoms with van der Waals surface area (Å²) in [4.78, 5) is 30.0. The van der Waals surface area contributed by atoms with E-state index in [1.165, 1.54) is 36.7 Å². The Balaban J connectivity index is 1.73. The summed E-state index contributed by atoms with van der Waals surface area (Å²) < 4.78 is 0. The standard InChI is InChI=1S/C19H18N2O3/c22-17(15-11-13(18(23)24)7-10-20-15)21-12-19(8-3-4-9-19)14-5-1-2-6-16(14)21/h1-2,5-7,10-11H,3-4,8-9,12H2,(H,23,24). The maximum Gasteiger partial charge on any atom is 0.335 e. The Morgan fingerprint density at radius 1 is 1.12 bits per heavy atom. The minimum Gasteiger partial charge on any atom is -0.478 e. The van der Waals surface area contributed by atoms with Gasteiger partial charge in [0.15, 0.2) is 0 Å². The first-order valence-corrected chi connectivity index (χ1v) is 8.21. The Hall–Kier alpha value is -2.69. The molecule has 4 rings (SSSR count). The highest BCUT2D eigenvalue weighted by Gasteiger charge is 2.46. The molecule has 1 aliphatic carbocycles. The molecule has 0 bridgehead atoms. The molecule has 122 valence electrons. The number of anilines is 1. The van der Waals surface area contributed by atoms with Gasteiger partial charge in [0.05, 0.1) is 5.56 Å². The highest BCUT2D eigenvalue weighted by atomic mass is 16.4. The minimum absolute atomic E-state index is 0.0522. The Morgan fingerprint density at radius 2 is 1.88 bits per heavy atom. The summed E-state index contributed by atoms with van der Waals surface area (Å²) in [5.74, 6) is -1.28. The van der Waals surface area contributed by atoms with Crippen LogP contribution in [0.2, 0.25) is 0 Å². The lowest BCUT2D eigenvalue weighted by Crippen LogP contribution is -2.36. The zero-order valence-electron chi connectivity index (χ0n) is 13.2. The van der Waals surface area contributed by atoms with Crippen LogP contribution in [0.25, 0.3) is 0 Å². The lowest BCUT2D eigenvalue weighted by Gasteiger charge is -2.24. The number of carboxylic acid groups (broad SMARTS) is 1. The van der Waals surface area contributed by atoms with Gasteiger partial charge < -0.3 is 10.0 Å². The van der Waals surface area contributed by atoms with Crippen molar-refractivity contribution in [3.63, 3.8) is 0 Å². The number of para-hydroxylation sites is 1. The molecule has 5 heteroatoms. The lowest BCUT2D eigenvalue weighted by molar-refractivity contribution is 0.0696. The number of rotatable bonds is 2. The summed E-state index contributed by atoms with van der Waals surface area (Å²) >= 11 is 0. The van der Waals surface area contributed by atoms with E-state index < -0.39 is 5.97 Å². The molecule has 5 nitrogen and oxygen atoms in total. The summed E-state index contributed by atoms with van der Waals surface area (Å²) in [6.07, 6.45) is 5.93. The second-order valence-corrected chi connectivity index (χ2v) is 6.63. The van der Waals surface area contributed by atoms with Gasteiger partial charge in [-0.1, -0.05) is 31.0 Å². The van der Waals surface area contributed by atoms with E-state index in [9.17, 15) is 9.59 Å². The number of carboxylic acids is 1. The van der Waals surface area contributed by atoms with Crippen LogP contribution in [0.4, 0.5) is 5.69 Å². The smallest absolute Gasteiger partial charge is 0.335 e. The first-order chi connectivity index (χ1) is 11.6. The molecule has 1 fully saturated rings. The van der Waals surface area contributed by atoms with E-state index in [1.54, 1.807) is 4.90 Å². The average molecular weight is 322 g/mol. The van der Waals surface area contributed by atoms with Gasteiger partial charge in [0.1, 0.15) is 5.69 Å². The Bertz CT molecular complexity index is 825. The van der Waals surface area contributed by atoms with Crippen molar-refractivity contribution in [1.82, 2.24) is 4.98 Å². The van der Waals surface area contributed by atoms with E-state index in [0.29, 0.717) is 6.54 Å². The Kier molecular flexibility index (Phi) is 3.37. The molecule has 1 aliphatic heterocycles. The Morgan fingerprint density at radius 3 is 2.62 bits per heavy atom. The number of amides is 1. The van der Waals surface area contributed by atoms with Crippen molar-refractivity contribution in [2.45, 2.75) is 31.1 Å². The summed E-state index contributed by atoms with van der Waals surface area (Å²) in [6.45, 7) is 0.657. The maximum absolute atomic E-state index is 13.0. The number of hydrogen-bond acceptors (Lipinski definition) is 3. The number of aromatic nitrogens is 1. The fourth-order valence-electron chi connectivity index (χ4n) is 4.11. The number of fused-ring (bicyclic) bond motifs is 2. The molecule has 2 heterocycles. The van der Waals surface area contributed by atoms with Crippen molar-refractivity contribution in [3.05, 3.63) is 59.4 Å². The number of aromatic carboxylic acids is 1. The van der Waals surface area contributed by atoms with Gasteiger partial charge in [0.2, 0.25) is 0 Å². The van der Waals surface area contributed by atoms with Crippen molar-refractivity contribution in [2.75, 3.05) is 11.4 Å². The molecule has 24 heavy (non-hydrogen) atoms. The van der Waals surface area contributed by atoms with Crippen LogP contribution in [-0.2, 0) is 5.41 Å². The molecule has 1 amide bonds. The Labute approximate surface area is 139 Å². The van der Waals surface area contributed by atoms with Gasteiger partial charge in [0, 0.05) is 23.8 Å². The zero-order chi connectivity index (χ0) is 16.7. The van der Waals surface area contributed by atoms with E-state index in [0.717, 1.165) is 18.5 Å². The van der Waals surface area contributed by atoms with Crippen LogP contribution in [0, 0.1) is 0 Å². The van der Waals surface area contributed by atoms with Gasteiger partial charge in [-0.3, -0.25) is 9.78 Å². The fourth-order valence-corrected chi connectivity index (χ4v) is 4.11. The molecule has 0 radical (unpaired) electrons. The number of carbonyl (C=O) groups is 2. The molecular weight excluding hydrogens is 304 g/mol. The normalized spacial score (nSPS) is 17.9. The molecule has 1 aromatic heterocycles. The molecular formula is C19H18N2O3. The van der Waals surface area contributed by atoms with Crippen LogP contribution in [0.5, 0.6) is 0 Å². The van der Waals surface area contributed by atoms with Crippen LogP contribution in [0.15, 0.2) is 42.6 Å². The molecule has 2 aliphatic rings. The van der Waals surface area contributed by atoms with E-state index in [2.05, 4.69) is 11.1 Å². The van der Waals surface area contributed by atoms with Crippen LogP contribution < -0.4 is 4.90 Å². The van der Waals surface area contributed by atoms with Crippen molar-refractivity contribution in [2.24, 2.45) is 0 Å². The third-order valence-electron chi connectivity index (χ3n) is 5.26. The van der Waals surface area contributed by atoms with E-state index >= 15 is 0 Å². The third kappa shape index (κ3) is 2.19. The molecule has 1 aromatic carbocycles. The summed E-state index contributed by atoms with van der Waals surface area (Å²) in [5, 5.41) is 9.13. The number of pyridine rings is 1. The first-order valence-electron chi connectivity index (χ1n) is 8.21. The van der Waals surface area contributed by atoms with E-state index in [1.807, 2.05) is 18.2 Å². The van der Waals surface area contributed by atoms with Crippen molar-refractivity contribution in [1.29, 1.82) is 0 Å². The molecule has 2 aromatic rings. The quantitative estimate of drug-likeness (QED) is 0.921. The number of benzene rings is 1. The SMILES string of the molecule is O=C(O)c1ccnc(C(=O)N2CC3(CCCC3)c3ccccc32)c1. The van der Waals surface area contributed by atoms with Crippen LogP contribution in [0.1, 0.15) is 52.1 Å². The lowest BCUT2D eigenvalue weighted by atomic mass is 9.81. The minimum atomic E-state index is -1.06. The van der Waals surface area contributed by atoms with Crippen molar-refractivity contribution in [3.8, 4) is 0 Å². The average Bonchev–Trinajstić information content (AvgIpc) is 3.21. The monoisotopic (exact) mass is 322 g/mol. The first kappa shape index (κ1) is 14.9. The van der Waals surface area contributed by atoms with Crippen molar-refractivity contribution >= 4 is 17.6 Å². The van der Waals surface area contributed by atoms with Crippen LogP contribution >= 0.6 is 0 Å². The largest absolute Gasteiger partial charge is 0.478 e. The topological polar surface area (TPSA) is 70.5 Å². The highest BCUT2D eigenvalue weighted by Crippen LogP contribution is 2.50. The number of nitrogens with zero attached hydrogens (tertiary/aromatic N) is 2. The van der Waals surface area contributed by atoms with Crippen LogP contribution in [0.3, 0.4) is 0 Å². The zero-order valence-corrected chi connectivity index (χ0v) is 13.2. The second kappa shape index (κ2) is 5.44. The molecule has 0 atom stereocenters. The molecule has 0 saturated heterocycles. The highest BCUT2D eigenvalue weighted by molar-refractivity contribution is 6.07. The predicted octanol–water partition coefficient (Wildman–Crippen LogP) is 3.25. The van der Waals surface area contributed by atoms with E-state index in [-0.39, 0.29) is 22.6 Å². The molecule has 1 saturated carbocycles. The van der Waals surface area contributed by atoms with Gasteiger partial charge in [-0.05, 0) is 36.6 Å². The summed E-state index contributed by atoms with van der Waals surface area (Å²) in [5.41, 5.74) is 2.49. The van der Waals surface area contributed by atoms with Gasteiger partial charge in [-0.25, -0.2) is 4.79 Å². The number of carbonyl (C=O) groups excluding carboxylic acids is 1. The summed E-state index contributed by atoms with van der Waals surface area (Å²) in [6, 6.07) is 10.8. The van der Waals surface area contributed by atoms with Gasteiger partial charge in [-0.2, -0.15) is 0 Å². The third-order valence-corrected chi connectivity index (χ3v) is 5.26. The predicted molar refractivity (Wildman–Crippen MR) is 89.5 cm³/mol. The van der Waals surface area contributed by atoms with Gasteiger partial charge >= 0.3 is 5.97 Å². The second-order valence-electron chi connectivity index (χ2n) is 6.63. The molecule has 1 N–H and O–H groups in total. The fraction of sp³-hybridized carbons (Fsp3) is 0.316. The maximum atomic E-state index is 13.0. The molecule has 0 unspecified atom stereocenters. The van der Waals surface area contributed by atoms with E-state index in [4.69, 9.17) is 5.11 Å². The van der Waals surface area contributed by atoms with Gasteiger partial charge in [-0.15, -0.1) is 0 Å². The summed E-state index contributed by atoms with van der Waals surface area (Å²) in [7, 11) is 0. The number of hydrogen-bond donors (Lipinski definition) is 1. The van der Waals surface area contributed by atoms with Crippen molar-refractivity contribution < 1.29 is 14.7 Å². The van der Waals surface area contributed by atoms with Gasteiger partial charge in [0.25, 0.3) is 5.91 Å². The van der Waals surface area contributed by atoms with Crippen LogP contribution in [-0.4, -0.2) is 28.5 Å².